The lowest BCUT2D eigenvalue weighted by Gasteiger charge is -2.21. The number of halogens is 1. The summed E-state index contributed by atoms with van der Waals surface area (Å²) in [5.41, 5.74) is 1.28. The van der Waals surface area contributed by atoms with E-state index in [0.29, 0.717) is 28.1 Å². The molecule has 1 unspecified atom stereocenters. The van der Waals surface area contributed by atoms with E-state index >= 15 is 0 Å². The van der Waals surface area contributed by atoms with Crippen molar-refractivity contribution in [3.8, 4) is 5.75 Å². The van der Waals surface area contributed by atoms with Crippen molar-refractivity contribution in [2.75, 3.05) is 11.9 Å². The number of nitrogens with zero attached hydrogens (tertiary/aromatic N) is 2. The molecule has 0 radical (unpaired) electrons. The number of ether oxygens (including phenoxy) is 1. The summed E-state index contributed by atoms with van der Waals surface area (Å²) in [6.45, 7) is 4.23. The van der Waals surface area contributed by atoms with E-state index in [1.807, 2.05) is 19.1 Å². The van der Waals surface area contributed by atoms with Crippen LogP contribution in [0.2, 0.25) is 4.34 Å². The van der Waals surface area contributed by atoms with Crippen molar-refractivity contribution in [1.82, 2.24) is 5.32 Å². The van der Waals surface area contributed by atoms with Crippen LogP contribution in [-0.4, -0.2) is 34.6 Å². The molecule has 1 saturated heterocycles. The number of benzene rings is 1. The average Bonchev–Trinajstić information content (AvgIpc) is 3.13. The van der Waals surface area contributed by atoms with Crippen molar-refractivity contribution in [3.63, 3.8) is 0 Å². The second-order valence-electron chi connectivity index (χ2n) is 6.00. The highest BCUT2D eigenvalue weighted by Gasteiger charge is 2.30. The zero-order chi connectivity index (χ0) is 20.8. The van der Waals surface area contributed by atoms with Crippen molar-refractivity contribution in [2.45, 2.75) is 25.5 Å². The van der Waals surface area contributed by atoms with Crippen LogP contribution in [0.15, 0.2) is 46.6 Å². The van der Waals surface area contributed by atoms with Crippen LogP contribution >= 0.6 is 34.7 Å². The van der Waals surface area contributed by atoms with Gasteiger partial charge < -0.3 is 15.4 Å². The van der Waals surface area contributed by atoms with E-state index in [0.717, 1.165) is 16.6 Å². The standard InChI is InChI=1S/C19H19ClN4O3S2/c1-3-27-13-6-4-5-12(9-13)21-18(26)15-10-17(25)22-19(29-15)24-23-11(2)14-7-8-16(20)28-14/h4-9,15H,3,10H2,1-2H3,(H,21,26)(H,22,24,25)/b23-11+. The molecule has 2 heterocycles. The Bertz CT molecular complexity index is 974. The number of thioether (sulfide) groups is 1. The Morgan fingerprint density at radius 2 is 2.21 bits per heavy atom. The number of amidine groups is 1. The fourth-order valence-corrected chi connectivity index (χ4v) is 4.38. The maximum Gasteiger partial charge on any atom is 0.238 e. The molecule has 29 heavy (non-hydrogen) atoms. The van der Waals surface area contributed by atoms with Gasteiger partial charge in [0.25, 0.3) is 0 Å². The lowest BCUT2D eigenvalue weighted by molar-refractivity contribution is -0.123. The highest BCUT2D eigenvalue weighted by Crippen LogP contribution is 2.25. The van der Waals surface area contributed by atoms with Crippen LogP contribution in [0, 0.1) is 0 Å². The lowest BCUT2D eigenvalue weighted by atomic mass is 10.2. The van der Waals surface area contributed by atoms with Gasteiger partial charge in [-0.05, 0) is 38.1 Å². The first-order chi connectivity index (χ1) is 13.9. The minimum atomic E-state index is -0.607. The Morgan fingerprint density at radius 1 is 1.38 bits per heavy atom. The highest BCUT2D eigenvalue weighted by molar-refractivity contribution is 8.15. The Morgan fingerprint density at radius 3 is 2.93 bits per heavy atom. The smallest absolute Gasteiger partial charge is 0.238 e. The van der Waals surface area contributed by atoms with Crippen LogP contribution in [0.1, 0.15) is 25.1 Å². The summed E-state index contributed by atoms with van der Waals surface area (Å²) in [6, 6.07) is 10.7. The third-order valence-corrected chi connectivity index (χ3v) is 6.21. The first kappa shape index (κ1) is 21.4. The third kappa shape index (κ3) is 6.06. The molecule has 1 atom stereocenters. The topological polar surface area (TPSA) is 92.1 Å². The minimum Gasteiger partial charge on any atom is -0.494 e. The first-order valence-electron chi connectivity index (χ1n) is 8.82. The monoisotopic (exact) mass is 450 g/mol. The molecule has 152 valence electrons. The van der Waals surface area contributed by atoms with Crippen LogP contribution in [0.3, 0.4) is 0 Å². The number of rotatable bonds is 6. The largest absolute Gasteiger partial charge is 0.494 e. The van der Waals surface area contributed by atoms with E-state index in [2.05, 4.69) is 20.8 Å². The van der Waals surface area contributed by atoms with Crippen LogP contribution in [-0.2, 0) is 9.59 Å². The van der Waals surface area contributed by atoms with Crippen molar-refractivity contribution in [3.05, 3.63) is 45.6 Å². The number of anilines is 1. The number of nitrogens with one attached hydrogen (secondary N) is 2. The van der Waals surface area contributed by atoms with Gasteiger partial charge in [-0.2, -0.15) is 5.10 Å². The second-order valence-corrected chi connectivity index (χ2v) is 8.91. The molecular weight excluding hydrogens is 432 g/mol. The molecule has 2 N–H and O–H groups in total. The Kier molecular flexibility index (Phi) is 7.29. The van der Waals surface area contributed by atoms with Gasteiger partial charge in [-0.1, -0.05) is 29.4 Å². The van der Waals surface area contributed by atoms with Gasteiger partial charge in [-0.25, -0.2) is 0 Å². The van der Waals surface area contributed by atoms with Gasteiger partial charge in [-0.15, -0.1) is 16.4 Å². The van der Waals surface area contributed by atoms with Crippen molar-refractivity contribution < 1.29 is 14.3 Å². The fourth-order valence-electron chi connectivity index (χ4n) is 2.47. The minimum absolute atomic E-state index is 0.0594. The number of hydrogen-bond acceptors (Lipinski definition) is 7. The molecule has 1 aromatic heterocycles. The molecule has 1 aromatic carbocycles. The summed E-state index contributed by atoms with van der Waals surface area (Å²) in [6.07, 6.45) is 0.0594. The van der Waals surface area contributed by atoms with Crippen LogP contribution < -0.4 is 15.4 Å². The number of thiophene rings is 1. The molecule has 10 heteroatoms. The molecule has 2 amide bonds. The quantitative estimate of drug-likeness (QED) is 0.511. The summed E-state index contributed by atoms with van der Waals surface area (Å²) in [4.78, 5) is 25.5. The maximum atomic E-state index is 12.6. The zero-order valence-corrected chi connectivity index (χ0v) is 18.2. The van der Waals surface area contributed by atoms with Crippen LogP contribution in [0.25, 0.3) is 0 Å². The summed E-state index contributed by atoms with van der Waals surface area (Å²) in [5.74, 6) is 0.106. The average molecular weight is 451 g/mol. The summed E-state index contributed by atoms with van der Waals surface area (Å²) >= 11 is 8.49. The normalized spacial score (nSPS) is 18.4. The molecule has 1 aliphatic rings. The predicted molar refractivity (Wildman–Crippen MR) is 119 cm³/mol. The van der Waals surface area contributed by atoms with Gasteiger partial charge in [-0.3, -0.25) is 9.59 Å². The number of amides is 2. The summed E-state index contributed by atoms with van der Waals surface area (Å²) in [5, 5.41) is 13.4. The second kappa shape index (κ2) is 9.91. The molecule has 0 bridgehead atoms. The lowest BCUT2D eigenvalue weighted by Crippen LogP contribution is -2.41. The number of carbonyl (C=O) groups excluding carboxylic acids is 2. The van der Waals surface area contributed by atoms with Crippen molar-refractivity contribution in [1.29, 1.82) is 0 Å². The SMILES string of the molecule is CCOc1cccc(NC(=O)C2CC(=O)N/C(=N\N=C(/C)c3ccc(Cl)s3)S2)c1. The predicted octanol–water partition coefficient (Wildman–Crippen LogP) is 4.14. The van der Waals surface area contributed by atoms with Gasteiger partial charge in [0.05, 0.1) is 21.5 Å². The Balaban J connectivity index is 1.68. The number of hydrogen-bond donors (Lipinski definition) is 2. The molecule has 0 saturated carbocycles. The molecule has 2 aromatic rings. The molecular formula is C19H19ClN4O3S2. The molecule has 3 rings (SSSR count). The first-order valence-corrected chi connectivity index (χ1v) is 10.9. The molecule has 0 spiro atoms. The maximum absolute atomic E-state index is 12.6. The van der Waals surface area contributed by atoms with E-state index in [4.69, 9.17) is 16.3 Å². The molecule has 1 fully saturated rings. The van der Waals surface area contributed by atoms with Gasteiger partial charge in [0, 0.05) is 18.2 Å². The highest BCUT2D eigenvalue weighted by atomic mass is 35.5. The number of carbonyl (C=O) groups is 2. The van der Waals surface area contributed by atoms with E-state index in [1.165, 1.54) is 11.3 Å². The van der Waals surface area contributed by atoms with Gasteiger partial charge in [0.2, 0.25) is 11.8 Å². The Labute approximate surface area is 181 Å². The van der Waals surface area contributed by atoms with Gasteiger partial charge in [0.1, 0.15) is 11.0 Å². The van der Waals surface area contributed by atoms with Gasteiger partial charge in [0.15, 0.2) is 5.17 Å². The molecule has 1 aliphatic heterocycles. The van der Waals surface area contributed by atoms with Gasteiger partial charge >= 0.3 is 0 Å². The van der Waals surface area contributed by atoms with Crippen LogP contribution in [0.5, 0.6) is 5.75 Å². The van der Waals surface area contributed by atoms with Crippen LogP contribution in [0.4, 0.5) is 5.69 Å². The summed E-state index contributed by atoms with van der Waals surface area (Å²) in [7, 11) is 0. The summed E-state index contributed by atoms with van der Waals surface area (Å²) < 4.78 is 6.10. The molecule has 7 nitrogen and oxygen atoms in total. The fraction of sp³-hybridized carbons (Fsp3) is 0.263. The van der Waals surface area contributed by atoms with E-state index < -0.39 is 5.25 Å². The van der Waals surface area contributed by atoms with Crippen molar-refractivity contribution >= 4 is 63.1 Å². The van der Waals surface area contributed by atoms with E-state index in [9.17, 15) is 9.59 Å². The Hall–Kier alpha value is -2.36. The zero-order valence-electron chi connectivity index (χ0n) is 15.8. The van der Waals surface area contributed by atoms with E-state index in [1.54, 1.807) is 31.2 Å². The third-order valence-electron chi connectivity index (χ3n) is 3.80. The van der Waals surface area contributed by atoms with Crippen molar-refractivity contribution in [2.24, 2.45) is 10.2 Å². The molecule has 0 aliphatic carbocycles. The van der Waals surface area contributed by atoms with E-state index in [-0.39, 0.29) is 23.4 Å².